The van der Waals surface area contributed by atoms with Crippen molar-refractivity contribution in [2.24, 2.45) is 0 Å². The summed E-state index contributed by atoms with van der Waals surface area (Å²) in [6.45, 7) is 0. The van der Waals surface area contributed by atoms with E-state index in [0.717, 1.165) is 0 Å². The molecule has 0 aliphatic rings. The van der Waals surface area contributed by atoms with E-state index >= 15 is 0 Å². The van der Waals surface area contributed by atoms with Gasteiger partial charge in [-0.15, -0.1) is 0 Å². The third-order valence-electron chi connectivity index (χ3n) is 5.27. The number of aromatic hydroxyl groups is 2. The van der Waals surface area contributed by atoms with E-state index in [1.165, 1.54) is 55.2 Å². The Labute approximate surface area is 162 Å². The zero-order chi connectivity index (χ0) is 19.1. The Kier molecular flexibility index (Phi) is 3.77. The molecule has 0 fully saturated rings. The molecule has 0 saturated heterocycles. The fourth-order valence-electron chi connectivity index (χ4n) is 4.04. The largest absolute Gasteiger partial charge is 0.504 e. The minimum absolute atomic E-state index is 0.0764. The molecule has 6 rings (SSSR count). The monoisotopic (exact) mass is 362 g/mol. The van der Waals surface area contributed by atoms with Gasteiger partial charge in [-0.25, -0.2) is 0 Å². The van der Waals surface area contributed by atoms with Crippen LogP contribution in [-0.2, 0) is 0 Å². The SMILES string of the molecule is Oc1ccccc1O.c1cc2cccc3c4cccc5cccc(c(c1)c23)c54. The van der Waals surface area contributed by atoms with Crippen molar-refractivity contribution in [1.29, 1.82) is 0 Å². The summed E-state index contributed by atoms with van der Waals surface area (Å²) >= 11 is 0. The zero-order valence-electron chi connectivity index (χ0n) is 15.1. The van der Waals surface area contributed by atoms with Crippen LogP contribution >= 0.6 is 0 Å². The fraction of sp³-hybridized carbons (Fsp3) is 0. The molecule has 2 heteroatoms. The molecule has 0 aliphatic heterocycles. The van der Waals surface area contributed by atoms with Gasteiger partial charge in [0, 0.05) is 0 Å². The summed E-state index contributed by atoms with van der Waals surface area (Å²) in [5, 5.41) is 28.2. The molecule has 28 heavy (non-hydrogen) atoms. The molecule has 2 nitrogen and oxygen atoms in total. The maximum atomic E-state index is 8.67. The summed E-state index contributed by atoms with van der Waals surface area (Å²) in [5.41, 5.74) is 0. The molecule has 0 unspecified atom stereocenters. The summed E-state index contributed by atoms with van der Waals surface area (Å²) < 4.78 is 0. The lowest BCUT2D eigenvalue weighted by Gasteiger charge is -2.13. The lowest BCUT2D eigenvalue weighted by atomic mass is 9.90. The first kappa shape index (κ1) is 16.4. The van der Waals surface area contributed by atoms with Crippen LogP contribution in [0.15, 0.2) is 97.1 Å². The van der Waals surface area contributed by atoms with Crippen LogP contribution in [0.3, 0.4) is 0 Å². The van der Waals surface area contributed by atoms with Crippen LogP contribution in [0.5, 0.6) is 11.5 Å². The molecule has 6 aromatic rings. The molecule has 0 atom stereocenters. The van der Waals surface area contributed by atoms with Crippen LogP contribution in [0.4, 0.5) is 0 Å². The van der Waals surface area contributed by atoms with Gasteiger partial charge in [0.1, 0.15) is 0 Å². The second-order valence-electron chi connectivity index (χ2n) is 6.91. The van der Waals surface area contributed by atoms with E-state index in [2.05, 4.69) is 72.8 Å². The van der Waals surface area contributed by atoms with Crippen LogP contribution in [0.25, 0.3) is 43.1 Å². The number of benzene rings is 6. The Morgan fingerprint density at radius 3 is 0.964 bits per heavy atom. The average molecular weight is 362 g/mol. The number of rotatable bonds is 0. The summed E-state index contributed by atoms with van der Waals surface area (Å²) in [5.74, 6) is -0.153. The quantitative estimate of drug-likeness (QED) is 0.176. The Morgan fingerprint density at radius 1 is 0.357 bits per heavy atom. The van der Waals surface area contributed by atoms with E-state index in [0.29, 0.717) is 0 Å². The molecule has 0 heterocycles. The summed E-state index contributed by atoms with van der Waals surface area (Å²) in [4.78, 5) is 0. The molecule has 0 aliphatic carbocycles. The van der Waals surface area contributed by atoms with Crippen molar-refractivity contribution in [1.82, 2.24) is 0 Å². The highest BCUT2D eigenvalue weighted by atomic mass is 16.3. The van der Waals surface area contributed by atoms with Crippen LogP contribution < -0.4 is 0 Å². The van der Waals surface area contributed by atoms with Gasteiger partial charge in [-0.1, -0.05) is 84.9 Å². The van der Waals surface area contributed by atoms with Crippen molar-refractivity contribution in [2.75, 3.05) is 0 Å². The first-order valence-corrected chi connectivity index (χ1v) is 9.25. The lowest BCUT2D eigenvalue weighted by Crippen LogP contribution is -1.85. The van der Waals surface area contributed by atoms with Gasteiger partial charge in [-0.2, -0.15) is 0 Å². The van der Waals surface area contributed by atoms with Crippen molar-refractivity contribution in [3.05, 3.63) is 97.1 Å². The Hall–Kier alpha value is -3.78. The van der Waals surface area contributed by atoms with E-state index in [4.69, 9.17) is 10.2 Å². The van der Waals surface area contributed by atoms with Crippen molar-refractivity contribution in [3.8, 4) is 11.5 Å². The van der Waals surface area contributed by atoms with Crippen molar-refractivity contribution >= 4 is 43.1 Å². The van der Waals surface area contributed by atoms with Crippen LogP contribution in [0.1, 0.15) is 0 Å². The molecular formula is C26H18O2. The lowest BCUT2D eigenvalue weighted by molar-refractivity contribution is 0.404. The topological polar surface area (TPSA) is 40.5 Å². The van der Waals surface area contributed by atoms with Gasteiger partial charge in [0.25, 0.3) is 0 Å². The van der Waals surface area contributed by atoms with E-state index in [1.54, 1.807) is 12.1 Å². The molecule has 0 saturated carbocycles. The van der Waals surface area contributed by atoms with Crippen LogP contribution in [0, 0.1) is 0 Å². The van der Waals surface area contributed by atoms with Crippen molar-refractivity contribution in [3.63, 3.8) is 0 Å². The summed E-state index contributed by atoms with van der Waals surface area (Å²) in [6, 6.07) is 32.6. The van der Waals surface area contributed by atoms with Gasteiger partial charge in [-0.05, 0) is 55.2 Å². The minimum Gasteiger partial charge on any atom is -0.504 e. The van der Waals surface area contributed by atoms with E-state index < -0.39 is 0 Å². The number of para-hydroxylation sites is 2. The zero-order valence-corrected chi connectivity index (χ0v) is 15.1. The molecule has 0 bridgehead atoms. The van der Waals surface area contributed by atoms with Crippen LogP contribution in [-0.4, -0.2) is 10.2 Å². The third-order valence-corrected chi connectivity index (χ3v) is 5.27. The van der Waals surface area contributed by atoms with Crippen molar-refractivity contribution in [2.45, 2.75) is 0 Å². The number of hydrogen-bond donors (Lipinski definition) is 2. The molecule has 0 spiro atoms. The highest BCUT2D eigenvalue weighted by Crippen LogP contribution is 2.39. The maximum Gasteiger partial charge on any atom is 0.157 e. The van der Waals surface area contributed by atoms with Gasteiger partial charge in [-0.3, -0.25) is 0 Å². The molecule has 134 valence electrons. The van der Waals surface area contributed by atoms with Gasteiger partial charge < -0.3 is 10.2 Å². The first-order valence-electron chi connectivity index (χ1n) is 9.25. The number of fused-ring (bicyclic) bond motifs is 2. The minimum atomic E-state index is -0.0764. The van der Waals surface area contributed by atoms with Gasteiger partial charge in [0.2, 0.25) is 0 Å². The predicted molar refractivity (Wildman–Crippen MR) is 117 cm³/mol. The molecule has 0 radical (unpaired) electrons. The molecule has 0 amide bonds. The highest BCUT2D eigenvalue weighted by molar-refractivity contribution is 6.32. The van der Waals surface area contributed by atoms with Crippen LogP contribution in [0.2, 0.25) is 0 Å². The number of hydrogen-bond acceptors (Lipinski definition) is 2. The maximum absolute atomic E-state index is 8.67. The second kappa shape index (κ2) is 6.43. The standard InChI is InChI=1S/C20H12.C6H6O2/c1-5-13-6-2-11-17-18-12-4-8-14-7-3-10-16(20(14)18)15(9-1)19(13)17;7-5-3-1-2-4-6(5)8/h1-12H;1-4,7-8H. The number of phenols is 2. The van der Waals surface area contributed by atoms with Gasteiger partial charge >= 0.3 is 0 Å². The second-order valence-corrected chi connectivity index (χ2v) is 6.91. The molecule has 6 aromatic carbocycles. The molecule has 2 N–H and O–H groups in total. The van der Waals surface area contributed by atoms with Gasteiger partial charge in [0.05, 0.1) is 0 Å². The van der Waals surface area contributed by atoms with E-state index in [1.807, 2.05) is 0 Å². The smallest absolute Gasteiger partial charge is 0.157 e. The third kappa shape index (κ3) is 2.50. The Morgan fingerprint density at radius 2 is 0.679 bits per heavy atom. The average Bonchev–Trinajstić information content (AvgIpc) is 2.74. The summed E-state index contributed by atoms with van der Waals surface area (Å²) in [7, 11) is 0. The normalized spacial score (nSPS) is 11.1. The molecule has 0 aromatic heterocycles. The first-order chi connectivity index (χ1) is 13.7. The highest BCUT2D eigenvalue weighted by Gasteiger charge is 2.11. The Balaban J connectivity index is 0.000000181. The molecular weight excluding hydrogens is 344 g/mol. The Bertz CT molecular complexity index is 1240. The van der Waals surface area contributed by atoms with E-state index in [9.17, 15) is 0 Å². The fourth-order valence-corrected chi connectivity index (χ4v) is 4.04. The predicted octanol–water partition coefficient (Wildman–Crippen LogP) is 6.84. The summed E-state index contributed by atoms with van der Waals surface area (Å²) in [6.07, 6.45) is 0. The van der Waals surface area contributed by atoms with Crippen molar-refractivity contribution < 1.29 is 10.2 Å². The van der Waals surface area contributed by atoms with E-state index in [-0.39, 0.29) is 11.5 Å². The van der Waals surface area contributed by atoms with Gasteiger partial charge in [0.15, 0.2) is 11.5 Å². The number of phenolic OH excluding ortho intramolecular Hbond substituents is 2.